The third-order valence-electron chi connectivity index (χ3n) is 4.34. The minimum Gasteiger partial charge on any atom is -0.481 e. The molecular weight excluding hydrogens is 306 g/mol. The van der Waals surface area contributed by atoms with E-state index in [0.717, 1.165) is 32.4 Å². The number of carbonyl (C=O) groups is 2. The lowest BCUT2D eigenvalue weighted by atomic mass is 10.1. The Labute approximate surface area is 143 Å². The first-order valence-electron chi connectivity index (χ1n) is 8.80. The second-order valence-corrected chi connectivity index (χ2v) is 6.31. The standard InChI is InChI=1S/C19H27NO4/c21-18(10-4-5-11-19(22)23)20-13-12-17(15-20)24-14-6-9-16-7-2-1-3-8-16/h1-3,7-8,17H,4-6,9-15H2,(H,22,23). The smallest absolute Gasteiger partial charge is 0.303 e. The number of hydrogen-bond donors (Lipinski definition) is 1. The van der Waals surface area contributed by atoms with Gasteiger partial charge in [0.1, 0.15) is 0 Å². The Kier molecular flexibility index (Phi) is 7.75. The highest BCUT2D eigenvalue weighted by atomic mass is 16.5. The number of rotatable bonds is 10. The van der Waals surface area contributed by atoms with Gasteiger partial charge in [-0.05, 0) is 37.7 Å². The van der Waals surface area contributed by atoms with Crippen molar-refractivity contribution < 1.29 is 19.4 Å². The quantitative estimate of drug-likeness (QED) is 0.669. The molecular formula is C19H27NO4. The van der Waals surface area contributed by atoms with Gasteiger partial charge in [0.25, 0.3) is 0 Å². The molecule has 5 nitrogen and oxygen atoms in total. The van der Waals surface area contributed by atoms with Crippen molar-refractivity contribution in [3.05, 3.63) is 35.9 Å². The number of carboxylic acids is 1. The Balaban J connectivity index is 1.55. The van der Waals surface area contributed by atoms with Gasteiger partial charge in [-0.1, -0.05) is 30.3 Å². The van der Waals surface area contributed by atoms with Gasteiger partial charge >= 0.3 is 5.97 Å². The molecule has 1 aromatic rings. The highest BCUT2D eigenvalue weighted by Gasteiger charge is 2.26. The van der Waals surface area contributed by atoms with Gasteiger partial charge in [0, 0.05) is 32.5 Å². The second-order valence-electron chi connectivity index (χ2n) is 6.31. The van der Waals surface area contributed by atoms with Crippen molar-refractivity contribution in [2.45, 2.75) is 51.0 Å². The lowest BCUT2D eigenvalue weighted by Crippen LogP contribution is -2.30. The van der Waals surface area contributed by atoms with E-state index in [1.807, 2.05) is 23.1 Å². The molecule has 1 aromatic carbocycles. The van der Waals surface area contributed by atoms with Gasteiger partial charge in [-0.25, -0.2) is 0 Å². The molecule has 0 radical (unpaired) electrons. The molecule has 0 spiro atoms. The van der Waals surface area contributed by atoms with Crippen molar-refractivity contribution in [2.24, 2.45) is 0 Å². The fraction of sp³-hybridized carbons (Fsp3) is 0.579. The molecule has 1 N–H and O–H groups in total. The number of aliphatic carboxylic acids is 1. The van der Waals surface area contributed by atoms with Crippen LogP contribution in [0.15, 0.2) is 30.3 Å². The number of aryl methyl sites for hydroxylation is 1. The van der Waals surface area contributed by atoms with Crippen molar-refractivity contribution in [1.29, 1.82) is 0 Å². The number of carbonyl (C=O) groups excluding carboxylic acids is 1. The molecule has 2 rings (SSSR count). The third kappa shape index (κ3) is 6.71. The number of amides is 1. The minimum absolute atomic E-state index is 0.121. The topological polar surface area (TPSA) is 66.8 Å². The van der Waals surface area contributed by atoms with E-state index in [9.17, 15) is 9.59 Å². The van der Waals surface area contributed by atoms with Crippen molar-refractivity contribution >= 4 is 11.9 Å². The van der Waals surface area contributed by atoms with E-state index >= 15 is 0 Å². The van der Waals surface area contributed by atoms with Crippen LogP contribution >= 0.6 is 0 Å². The molecule has 1 unspecified atom stereocenters. The van der Waals surface area contributed by atoms with Gasteiger partial charge in [-0.3, -0.25) is 9.59 Å². The van der Waals surface area contributed by atoms with Crippen molar-refractivity contribution in [3.8, 4) is 0 Å². The van der Waals surface area contributed by atoms with Crippen LogP contribution in [0.3, 0.4) is 0 Å². The average molecular weight is 333 g/mol. The van der Waals surface area contributed by atoms with Crippen LogP contribution in [0, 0.1) is 0 Å². The number of nitrogens with zero attached hydrogens (tertiary/aromatic N) is 1. The van der Waals surface area contributed by atoms with E-state index in [0.29, 0.717) is 25.8 Å². The third-order valence-corrected chi connectivity index (χ3v) is 4.34. The van der Waals surface area contributed by atoms with Gasteiger partial charge in [-0.2, -0.15) is 0 Å². The van der Waals surface area contributed by atoms with Crippen LogP contribution in [0.5, 0.6) is 0 Å². The molecule has 0 aliphatic carbocycles. The van der Waals surface area contributed by atoms with Gasteiger partial charge < -0.3 is 14.7 Å². The summed E-state index contributed by atoms with van der Waals surface area (Å²) in [6.45, 7) is 2.14. The van der Waals surface area contributed by atoms with Crippen LogP contribution in [-0.4, -0.2) is 47.7 Å². The van der Waals surface area contributed by atoms with Crippen LogP contribution in [-0.2, 0) is 20.7 Å². The van der Waals surface area contributed by atoms with Gasteiger partial charge in [0.05, 0.1) is 6.10 Å². The van der Waals surface area contributed by atoms with Crippen LogP contribution in [0.1, 0.15) is 44.1 Å². The lowest BCUT2D eigenvalue weighted by Gasteiger charge is -2.16. The predicted octanol–water partition coefficient (Wildman–Crippen LogP) is 2.88. The molecule has 1 saturated heterocycles. The maximum absolute atomic E-state index is 12.1. The first kappa shape index (κ1) is 18.5. The van der Waals surface area contributed by atoms with Gasteiger partial charge in [0.15, 0.2) is 0 Å². The SMILES string of the molecule is O=C(O)CCCCC(=O)N1CCC(OCCCc2ccccc2)C1. The Morgan fingerprint density at radius 1 is 1.12 bits per heavy atom. The number of likely N-dealkylation sites (tertiary alicyclic amines) is 1. The summed E-state index contributed by atoms with van der Waals surface area (Å²) in [6.07, 6.45) is 4.83. The number of ether oxygens (including phenoxy) is 1. The Morgan fingerprint density at radius 2 is 1.88 bits per heavy atom. The minimum atomic E-state index is -0.799. The summed E-state index contributed by atoms with van der Waals surface area (Å²) in [5.74, 6) is -0.677. The Hall–Kier alpha value is -1.88. The molecule has 1 heterocycles. The van der Waals surface area contributed by atoms with Gasteiger partial charge in [0.2, 0.25) is 5.91 Å². The summed E-state index contributed by atoms with van der Waals surface area (Å²) in [4.78, 5) is 24.4. The van der Waals surface area contributed by atoms with E-state index in [1.54, 1.807) is 0 Å². The zero-order chi connectivity index (χ0) is 17.2. The molecule has 132 valence electrons. The molecule has 1 amide bonds. The lowest BCUT2D eigenvalue weighted by molar-refractivity contribution is -0.137. The van der Waals surface area contributed by atoms with Crippen LogP contribution in [0.25, 0.3) is 0 Å². The molecule has 1 fully saturated rings. The molecule has 1 aliphatic rings. The molecule has 0 bridgehead atoms. The summed E-state index contributed by atoms with van der Waals surface area (Å²) < 4.78 is 5.89. The summed E-state index contributed by atoms with van der Waals surface area (Å²) >= 11 is 0. The van der Waals surface area contributed by atoms with Crippen LogP contribution in [0.2, 0.25) is 0 Å². The number of benzene rings is 1. The van der Waals surface area contributed by atoms with Crippen molar-refractivity contribution in [2.75, 3.05) is 19.7 Å². The average Bonchev–Trinajstić information content (AvgIpc) is 3.05. The zero-order valence-electron chi connectivity index (χ0n) is 14.2. The number of hydrogen-bond acceptors (Lipinski definition) is 3. The van der Waals surface area contributed by atoms with E-state index in [1.165, 1.54) is 5.56 Å². The summed E-state index contributed by atoms with van der Waals surface area (Å²) in [7, 11) is 0. The maximum atomic E-state index is 12.1. The number of carboxylic acid groups (broad SMARTS) is 1. The predicted molar refractivity (Wildman–Crippen MR) is 91.8 cm³/mol. The highest BCUT2D eigenvalue weighted by Crippen LogP contribution is 2.15. The molecule has 24 heavy (non-hydrogen) atoms. The molecule has 0 saturated carbocycles. The molecule has 1 aliphatic heterocycles. The monoisotopic (exact) mass is 333 g/mol. The van der Waals surface area contributed by atoms with Crippen molar-refractivity contribution in [3.63, 3.8) is 0 Å². The Morgan fingerprint density at radius 3 is 2.62 bits per heavy atom. The molecule has 1 atom stereocenters. The highest BCUT2D eigenvalue weighted by molar-refractivity contribution is 5.76. The van der Waals surface area contributed by atoms with E-state index in [4.69, 9.17) is 9.84 Å². The zero-order valence-corrected chi connectivity index (χ0v) is 14.2. The van der Waals surface area contributed by atoms with Crippen LogP contribution < -0.4 is 0 Å². The second kappa shape index (κ2) is 10.1. The first-order valence-corrected chi connectivity index (χ1v) is 8.80. The largest absolute Gasteiger partial charge is 0.481 e. The Bertz CT molecular complexity index is 517. The normalized spacial score (nSPS) is 17.2. The molecule has 5 heteroatoms. The molecule has 0 aromatic heterocycles. The fourth-order valence-electron chi connectivity index (χ4n) is 2.97. The fourth-order valence-corrected chi connectivity index (χ4v) is 2.97. The van der Waals surface area contributed by atoms with E-state index in [-0.39, 0.29) is 18.4 Å². The van der Waals surface area contributed by atoms with E-state index < -0.39 is 5.97 Å². The first-order chi connectivity index (χ1) is 11.6. The summed E-state index contributed by atoms with van der Waals surface area (Å²) in [5, 5.41) is 8.59. The summed E-state index contributed by atoms with van der Waals surface area (Å²) in [5.41, 5.74) is 1.32. The maximum Gasteiger partial charge on any atom is 0.303 e. The van der Waals surface area contributed by atoms with E-state index in [2.05, 4.69) is 12.1 Å². The number of unbranched alkanes of at least 4 members (excludes halogenated alkanes) is 1. The van der Waals surface area contributed by atoms with Crippen molar-refractivity contribution in [1.82, 2.24) is 4.90 Å². The van der Waals surface area contributed by atoms with Gasteiger partial charge in [-0.15, -0.1) is 0 Å². The van der Waals surface area contributed by atoms with Crippen LogP contribution in [0.4, 0.5) is 0 Å². The summed E-state index contributed by atoms with van der Waals surface area (Å²) in [6, 6.07) is 10.4.